The Morgan fingerprint density at radius 1 is 0.947 bits per heavy atom. The molecule has 3 atom stereocenters. The van der Waals surface area contributed by atoms with Crippen LogP contribution in [0.4, 0.5) is 10.6 Å². The number of anilines is 1. The van der Waals surface area contributed by atoms with Crippen LogP contribution in [0, 0.1) is 5.92 Å². The van der Waals surface area contributed by atoms with Gasteiger partial charge in [0.05, 0.1) is 6.04 Å². The molecular weight excluding hydrogens is 484 g/mol. The van der Waals surface area contributed by atoms with Crippen LogP contribution in [0.1, 0.15) is 42.1 Å². The normalized spacial score (nSPS) is 20.7. The summed E-state index contributed by atoms with van der Waals surface area (Å²) < 4.78 is 8.91. The van der Waals surface area contributed by atoms with Crippen molar-refractivity contribution < 1.29 is 14.3 Å². The fourth-order valence-corrected chi connectivity index (χ4v) is 5.88. The number of likely N-dealkylation sites (tertiary alicyclic amines) is 1. The van der Waals surface area contributed by atoms with Gasteiger partial charge in [-0.1, -0.05) is 18.2 Å². The highest BCUT2D eigenvalue weighted by atomic mass is 16.5. The Hall–Kier alpha value is -4.67. The van der Waals surface area contributed by atoms with Gasteiger partial charge >= 0.3 is 6.03 Å². The minimum Gasteiger partial charge on any atom is -0.457 e. The number of carbonyl (C=O) groups is 2. The van der Waals surface area contributed by atoms with Gasteiger partial charge in [0.25, 0.3) is 5.91 Å². The lowest BCUT2D eigenvalue weighted by Gasteiger charge is -2.37. The summed E-state index contributed by atoms with van der Waals surface area (Å²) in [6.45, 7) is 0.615. The van der Waals surface area contributed by atoms with Crippen molar-refractivity contribution in [2.75, 3.05) is 12.3 Å². The molecule has 2 aliphatic rings. The molecule has 194 valence electrons. The summed E-state index contributed by atoms with van der Waals surface area (Å²) in [6.07, 6.45) is 6.22. The molecule has 3 unspecified atom stereocenters. The zero-order chi connectivity index (χ0) is 26.2. The predicted molar refractivity (Wildman–Crippen MR) is 139 cm³/mol. The van der Waals surface area contributed by atoms with Gasteiger partial charge in [-0.05, 0) is 62.1 Å². The molecule has 2 aromatic carbocycles. The van der Waals surface area contributed by atoms with E-state index < -0.39 is 5.91 Å². The van der Waals surface area contributed by atoms with Gasteiger partial charge in [0, 0.05) is 24.1 Å². The second-order valence-electron chi connectivity index (χ2n) is 9.69. The summed E-state index contributed by atoms with van der Waals surface area (Å²) in [5.74, 6) is 1.16. The van der Waals surface area contributed by atoms with Gasteiger partial charge in [0.1, 0.15) is 41.2 Å². The predicted octanol–water partition coefficient (Wildman–Crippen LogP) is 3.70. The van der Waals surface area contributed by atoms with Gasteiger partial charge < -0.3 is 21.1 Å². The second kappa shape index (κ2) is 9.66. The largest absolute Gasteiger partial charge is 0.457 e. The van der Waals surface area contributed by atoms with Crippen molar-refractivity contribution in [3.05, 3.63) is 72.8 Å². The van der Waals surface area contributed by atoms with Gasteiger partial charge in [0.2, 0.25) is 0 Å². The van der Waals surface area contributed by atoms with Crippen molar-refractivity contribution in [2.24, 2.45) is 11.7 Å². The first kappa shape index (κ1) is 23.7. The van der Waals surface area contributed by atoms with Crippen molar-refractivity contribution in [2.45, 2.75) is 37.8 Å². The van der Waals surface area contributed by atoms with E-state index in [1.165, 1.54) is 17.3 Å². The first-order valence-electron chi connectivity index (χ1n) is 12.7. The van der Waals surface area contributed by atoms with Crippen LogP contribution in [0.25, 0.3) is 11.3 Å². The highest BCUT2D eigenvalue weighted by Gasteiger charge is 2.45. The van der Waals surface area contributed by atoms with Crippen LogP contribution in [0.5, 0.6) is 11.5 Å². The third-order valence-corrected chi connectivity index (χ3v) is 7.57. The van der Waals surface area contributed by atoms with Crippen molar-refractivity contribution in [1.29, 1.82) is 0 Å². The van der Waals surface area contributed by atoms with Crippen LogP contribution < -0.4 is 16.2 Å². The van der Waals surface area contributed by atoms with Gasteiger partial charge in [-0.15, -0.1) is 0 Å². The number of nitrogen functional groups attached to an aromatic ring is 1. The maximum Gasteiger partial charge on any atom is 0.346 e. The second-order valence-corrected chi connectivity index (χ2v) is 9.69. The van der Waals surface area contributed by atoms with Crippen LogP contribution in [-0.4, -0.2) is 54.0 Å². The van der Waals surface area contributed by atoms with E-state index in [9.17, 15) is 9.59 Å². The number of carbonyl (C=O) groups excluding carboxylic acids is 2. The SMILES string of the molecule is NC(=O)c1c(-c2ccc(Oc3ccccc3)cc2)nn(C2CCCC3C2CCN3C(=O)n2cncn2)c1N. The average molecular weight is 513 g/mol. The Bertz CT molecular complexity index is 1450. The Balaban J connectivity index is 1.29. The summed E-state index contributed by atoms with van der Waals surface area (Å²) in [6, 6.07) is 16.6. The summed E-state index contributed by atoms with van der Waals surface area (Å²) >= 11 is 0. The number of primary amides is 1. The van der Waals surface area contributed by atoms with E-state index in [1.54, 1.807) is 4.68 Å². The number of hydrogen-bond donors (Lipinski definition) is 2. The molecule has 2 aromatic heterocycles. The molecule has 2 fully saturated rings. The quantitative estimate of drug-likeness (QED) is 0.414. The lowest BCUT2D eigenvalue weighted by Crippen LogP contribution is -2.44. The molecule has 11 nitrogen and oxygen atoms in total. The minimum atomic E-state index is -0.630. The van der Waals surface area contributed by atoms with E-state index in [2.05, 4.69) is 10.1 Å². The molecule has 11 heteroatoms. The molecule has 0 bridgehead atoms. The Kier molecular flexibility index (Phi) is 6.02. The van der Waals surface area contributed by atoms with Crippen molar-refractivity contribution in [3.8, 4) is 22.8 Å². The maximum absolute atomic E-state index is 13.0. The van der Waals surface area contributed by atoms with E-state index in [-0.39, 0.29) is 35.4 Å². The summed E-state index contributed by atoms with van der Waals surface area (Å²) in [4.78, 5) is 31.3. The van der Waals surface area contributed by atoms with E-state index in [0.29, 0.717) is 23.6 Å². The molecule has 4 N–H and O–H groups in total. The van der Waals surface area contributed by atoms with Crippen LogP contribution in [0.15, 0.2) is 67.3 Å². The molecule has 3 heterocycles. The molecule has 0 radical (unpaired) electrons. The number of ether oxygens (including phenoxy) is 1. The molecule has 6 rings (SSSR count). The smallest absolute Gasteiger partial charge is 0.346 e. The Labute approximate surface area is 219 Å². The topological polar surface area (TPSA) is 147 Å². The Morgan fingerprint density at radius 3 is 2.39 bits per heavy atom. The summed E-state index contributed by atoms with van der Waals surface area (Å²) in [7, 11) is 0. The van der Waals surface area contributed by atoms with Crippen molar-refractivity contribution in [1.82, 2.24) is 29.4 Å². The first-order chi connectivity index (χ1) is 18.5. The lowest BCUT2D eigenvalue weighted by atomic mass is 9.81. The van der Waals surface area contributed by atoms with Gasteiger partial charge in [-0.2, -0.15) is 14.9 Å². The molecule has 1 saturated carbocycles. The number of para-hydroxylation sites is 1. The van der Waals surface area contributed by atoms with Crippen LogP contribution in [0.2, 0.25) is 0 Å². The number of aromatic nitrogens is 5. The molecule has 4 aromatic rings. The number of nitrogens with zero attached hydrogens (tertiary/aromatic N) is 6. The monoisotopic (exact) mass is 512 g/mol. The zero-order valence-corrected chi connectivity index (χ0v) is 20.7. The van der Waals surface area contributed by atoms with E-state index >= 15 is 0 Å². The van der Waals surface area contributed by atoms with E-state index in [0.717, 1.165) is 31.4 Å². The molecule has 1 aliphatic heterocycles. The standard InChI is InChI=1S/C27H28N8O3/c28-25-23(26(29)36)24(17-9-11-19(12-10-17)38-18-5-2-1-3-6-18)32-35(25)22-8-4-7-21-20(22)13-14-33(21)27(37)34-16-30-15-31-34/h1-3,5-6,9-12,15-16,20-22H,4,7-8,13-14,28H2,(H2,29,36). The van der Waals surface area contributed by atoms with E-state index in [1.807, 2.05) is 59.5 Å². The molecule has 38 heavy (non-hydrogen) atoms. The highest BCUT2D eigenvalue weighted by Crippen LogP contribution is 2.45. The minimum absolute atomic E-state index is 0.0314. The van der Waals surface area contributed by atoms with Crippen LogP contribution in [0.3, 0.4) is 0 Å². The molecule has 1 aliphatic carbocycles. The number of benzene rings is 2. The maximum atomic E-state index is 13.0. The summed E-state index contributed by atoms with van der Waals surface area (Å²) in [5, 5.41) is 8.84. The van der Waals surface area contributed by atoms with Gasteiger partial charge in [-0.25, -0.2) is 14.5 Å². The van der Waals surface area contributed by atoms with Gasteiger partial charge in [0.15, 0.2) is 0 Å². The fraction of sp³-hybridized carbons (Fsp3) is 0.296. The van der Waals surface area contributed by atoms with Gasteiger partial charge in [-0.3, -0.25) is 4.79 Å². The third kappa shape index (κ3) is 4.15. The van der Waals surface area contributed by atoms with Crippen LogP contribution in [-0.2, 0) is 0 Å². The van der Waals surface area contributed by atoms with E-state index in [4.69, 9.17) is 21.3 Å². The molecule has 1 saturated heterocycles. The lowest BCUT2D eigenvalue weighted by molar-refractivity contribution is 0.100. The number of amides is 2. The average Bonchev–Trinajstić information content (AvgIpc) is 3.68. The number of rotatable bonds is 5. The molecule has 0 spiro atoms. The van der Waals surface area contributed by atoms with Crippen molar-refractivity contribution >= 4 is 17.8 Å². The first-order valence-corrected chi connectivity index (χ1v) is 12.7. The molecular formula is C27H28N8O3. The number of hydrogen-bond acceptors (Lipinski definition) is 7. The zero-order valence-electron chi connectivity index (χ0n) is 20.7. The Morgan fingerprint density at radius 2 is 1.68 bits per heavy atom. The summed E-state index contributed by atoms with van der Waals surface area (Å²) in [5.41, 5.74) is 13.7. The molecule has 2 amide bonds. The number of fused-ring (bicyclic) bond motifs is 1. The third-order valence-electron chi connectivity index (χ3n) is 7.57. The van der Waals surface area contributed by atoms with Crippen molar-refractivity contribution in [3.63, 3.8) is 0 Å². The number of nitrogens with two attached hydrogens (primary N) is 2. The highest BCUT2D eigenvalue weighted by molar-refractivity contribution is 6.03. The van der Waals surface area contributed by atoms with Crippen LogP contribution >= 0.6 is 0 Å². The fourth-order valence-electron chi connectivity index (χ4n) is 5.88.